The maximum Gasteiger partial charge on any atom is 0.308 e. The van der Waals surface area contributed by atoms with Crippen LogP contribution in [0.2, 0.25) is 0 Å². The summed E-state index contributed by atoms with van der Waals surface area (Å²) in [7, 11) is 0. The zero-order valence-corrected chi connectivity index (χ0v) is 13.0. The highest BCUT2D eigenvalue weighted by molar-refractivity contribution is 5.80. The van der Waals surface area contributed by atoms with E-state index in [4.69, 9.17) is 5.11 Å². The van der Waals surface area contributed by atoms with Crippen molar-refractivity contribution in [2.45, 2.75) is 39.5 Å². The fourth-order valence-electron chi connectivity index (χ4n) is 3.40. The van der Waals surface area contributed by atoms with Crippen LogP contribution in [0.1, 0.15) is 39.5 Å². The Kier molecular flexibility index (Phi) is 5.39. The van der Waals surface area contributed by atoms with Crippen LogP contribution < -0.4 is 0 Å². The molecule has 21 heavy (non-hydrogen) atoms. The maximum atomic E-state index is 12.5. The van der Waals surface area contributed by atoms with Crippen LogP contribution in [0.5, 0.6) is 0 Å². The number of likely N-dealkylation sites (tertiary alicyclic amines) is 1. The second kappa shape index (κ2) is 7.07. The minimum absolute atomic E-state index is 0.101. The van der Waals surface area contributed by atoms with Gasteiger partial charge in [0.05, 0.1) is 12.5 Å². The molecule has 0 bridgehead atoms. The topological polar surface area (TPSA) is 60.9 Å². The van der Waals surface area contributed by atoms with Crippen molar-refractivity contribution in [3.63, 3.8) is 0 Å². The Hall–Kier alpha value is -1.36. The highest BCUT2D eigenvalue weighted by Crippen LogP contribution is 2.24. The Morgan fingerprint density at radius 2 is 2.14 bits per heavy atom. The minimum atomic E-state index is -0.750. The number of rotatable bonds is 5. The third kappa shape index (κ3) is 3.84. The number of carbonyl (C=O) groups is 2. The lowest BCUT2D eigenvalue weighted by Gasteiger charge is -2.28. The Balaban J connectivity index is 1.94. The predicted molar refractivity (Wildman–Crippen MR) is 80.7 cm³/mol. The van der Waals surface area contributed by atoms with Gasteiger partial charge >= 0.3 is 5.97 Å². The van der Waals surface area contributed by atoms with Crippen molar-refractivity contribution in [3.05, 3.63) is 11.8 Å². The number of nitrogens with zero attached hydrogens (tertiary/aromatic N) is 2. The Bertz CT molecular complexity index is 433. The Labute approximate surface area is 126 Å². The highest BCUT2D eigenvalue weighted by atomic mass is 16.4. The number of carbonyl (C=O) groups excluding carboxylic acids is 1. The Morgan fingerprint density at radius 1 is 1.38 bits per heavy atom. The molecule has 2 atom stereocenters. The van der Waals surface area contributed by atoms with Gasteiger partial charge in [-0.3, -0.25) is 14.5 Å². The maximum absolute atomic E-state index is 12.5. The standard InChI is InChI=1S/C16H26N2O3/c1-3-18(13-7-5-4-6-8-13)15(19)11-17-9-12(2)14(10-17)16(20)21/h7,12,14H,3-6,8-11H2,1-2H3,(H,20,21). The molecular weight excluding hydrogens is 268 g/mol. The normalized spacial score (nSPS) is 26.5. The van der Waals surface area contributed by atoms with Crippen molar-refractivity contribution in [3.8, 4) is 0 Å². The average Bonchev–Trinajstić information content (AvgIpc) is 2.81. The first-order valence-corrected chi connectivity index (χ1v) is 7.97. The third-order valence-electron chi connectivity index (χ3n) is 4.60. The number of amides is 1. The molecule has 2 aliphatic rings. The van der Waals surface area contributed by atoms with Gasteiger partial charge in [0.2, 0.25) is 5.91 Å². The molecule has 1 fully saturated rings. The number of likely N-dealkylation sites (N-methyl/N-ethyl adjacent to an activating group) is 1. The summed E-state index contributed by atoms with van der Waals surface area (Å²) in [4.78, 5) is 27.5. The van der Waals surface area contributed by atoms with Gasteiger partial charge in [-0.05, 0) is 38.5 Å². The summed E-state index contributed by atoms with van der Waals surface area (Å²) in [6.07, 6.45) is 6.57. The van der Waals surface area contributed by atoms with E-state index in [1.807, 2.05) is 23.6 Å². The number of carboxylic acid groups (broad SMARTS) is 1. The molecular formula is C16H26N2O3. The van der Waals surface area contributed by atoms with Crippen LogP contribution in [-0.4, -0.2) is 53.0 Å². The summed E-state index contributed by atoms with van der Waals surface area (Å²) in [5.41, 5.74) is 1.15. The van der Waals surface area contributed by atoms with Crippen LogP contribution in [0.25, 0.3) is 0 Å². The van der Waals surface area contributed by atoms with Crippen LogP contribution in [0.3, 0.4) is 0 Å². The summed E-state index contributed by atoms with van der Waals surface area (Å²) in [5.74, 6) is -0.885. The first-order valence-electron chi connectivity index (χ1n) is 7.97. The van der Waals surface area contributed by atoms with Gasteiger partial charge in [0.1, 0.15) is 0 Å². The van der Waals surface area contributed by atoms with Crippen molar-refractivity contribution < 1.29 is 14.7 Å². The number of aliphatic carboxylic acids is 1. The number of allylic oxidation sites excluding steroid dienone is 2. The molecule has 0 saturated carbocycles. The van der Waals surface area contributed by atoms with Crippen LogP contribution >= 0.6 is 0 Å². The van der Waals surface area contributed by atoms with E-state index in [9.17, 15) is 9.59 Å². The van der Waals surface area contributed by atoms with E-state index in [-0.39, 0.29) is 17.7 Å². The molecule has 1 N–H and O–H groups in total. The fraction of sp³-hybridized carbons (Fsp3) is 0.750. The summed E-state index contributed by atoms with van der Waals surface area (Å²) in [6.45, 7) is 6.15. The van der Waals surface area contributed by atoms with Crippen LogP contribution in [0, 0.1) is 11.8 Å². The Morgan fingerprint density at radius 3 is 2.67 bits per heavy atom. The van der Waals surface area contributed by atoms with Gasteiger partial charge < -0.3 is 10.0 Å². The molecule has 2 unspecified atom stereocenters. The van der Waals surface area contributed by atoms with E-state index < -0.39 is 5.97 Å². The molecule has 5 nitrogen and oxygen atoms in total. The van der Waals surface area contributed by atoms with E-state index in [1.165, 1.54) is 6.42 Å². The molecule has 0 aromatic carbocycles. The molecule has 1 aliphatic carbocycles. The van der Waals surface area contributed by atoms with Gasteiger partial charge in [0, 0.05) is 25.3 Å². The van der Waals surface area contributed by atoms with Gasteiger partial charge in [-0.15, -0.1) is 0 Å². The average molecular weight is 294 g/mol. The lowest BCUT2D eigenvalue weighted by Crippen LogP contribution is -2.39. The number of hydrogen-bond acceptors (Lipinski definition) is 3. The minimum Gasteiger partial charge on any atom is -0.481 e. The second-order valence-corrected chi connectivity index (χ2v) is 6.20. The van der Waals surface area contributed by atoms with Gasteiger partial charge in [0.15, 0.2) is 0 Å². The van der Waals surface area contributed by atoms with Crippen LogP contribution in [0.4, 0.5) is 0 Å². The van der Waals surface area contributed by atoms with Crippen molar-refractivity contribution in [2.24, 2.45) is 11.8 Å². The smallest absolute Gasteiger partial charge is 0.308 e. The van der Waals surface area contributed by atoms with E-state index in [0.29, 0.717) is 26.2 Å². The number of hydrogen-bond donors (Lipinski definition) is 1. The number of carboxylic acids is 1. The summed E-state index contributed by atoms with van der Waals surface area (Å²) in [6, 6.07) is 0. The first kappa shape index (κ1) is 16.0. The van der Waals surface area contributed by atoms with Crippen molar-refractivity contribution in [1.29, 1.82) is 0 Å². The van der Waals surface area contributed by atoms with Crippen molar-refractivity contribution in [1.82, 2.24) is 9.80 Å². The first-order chi connectivity index (χ1) is 10.0. The SMILES string of the molecule is CCN(C(=O)CN1CC(C)C(C(=O)O)C1)C1=CCCCC1. The van der Waals surface area contributed by atoms with Crippen molar-refractivity contribution >= 4 is 11.9 Å². The molecule has 5 heteroatoms. The lowest BCUT2D eigenvalue weighted by atomic mass is 9.99. The van der Waals surface area contributed by atoms with E-state index in [0.717, 1.165) is 25.0 Å². The van der Waals surface area contributed by atoms with E-state index in [2.05, 4.69) is 6.08 Å². The van der Waals surface area contributed by atoms with E-state index in [1.54, 1.807) is 0 Å². The summed E-state index contributed by atoms with van der Waals surface area (Å²) >= 11 is 0. The molecule has 2 rings (SSSR count). The quantitative estimate of drug-likeness (QED) is 0.842. The van der Waals surface area contributed by atoms with Gasteiger partial charge in [-0.25, -0.2) is 0 Å². The lowest BCUT2D eigenvalue weighted by molar-refractivity contribution is -0.142. The molecule has 0 aromatic rings. The van der Waals surface area contributed by atoms with Crippen molar-refractivity contribution in [2.75, 3.05) is 26.2 Å². The fourth-order valence-corrected chi connectivity index (χ4v) is 3.40. The monoisotopic (exact) mass is 294 g/mol. The molecule has 118 valence electrons. The molecule has 1 heterocycles. The van der Waals surface area contributed by atoms with E-state index >= 15 is 0 Å². The molecule has 0 spiro atoms. The predicted octanol–water partition coefficient (Wildman–Crippen LogP) is 1.95. The van der Waals surface area contributed by atoms with Gasteiger partial charge in [0.25, 0.3) is 0 Å². The third-order valence-corrected chi connectivity index (χ3v) is 4.60. The molecule has 0 radical (unpaired) electrons. The zero-order valence-electron chi connectivity index (χ0n) is 13.0. The highest BCUT2D eigenvalue weighted by Gasteiger charge is 2.36. The second-order valence-electron chi connectivity index (χ2n) is 6.20. The zero-order chi connectivity index (χ0) is 15.4. The van der Waals surface area contributed by atoms with Gasteiger partial charge in [-0.1, -0.05) is 13.0 Å². The molecule has 1 aliphatic heterocycles. The largest absolute Gasteiger partial charge is 0.481 e. The van der Waals surface area contributed by atoms with Crippen LogP contribution in [-0.2, 0) is 9.59 Å². The molecule has 1 saturated heterocycles. The van der Waals surface area contributed by atoms with Gasteiger partial charge in [-0.2, -0.15) is 0 Å². The summed E-state index contributed by atoms with van der Waals surface area (Å²) in [5, 5.41) is 9.16. The molecule has 0 aromatic heterocycles. The summed E-state index contributed by atoms with van der Waals surface area (Å²) < 4.78 is 0. The molecule has 1 amide bonds. The van der Waals surface area contributed by atoms with Crippen LogP contribution in [0.15, 0.2) is 11.8 Å².